The summed E-state index contributed by atoms with van der Waals surface area (Å²) in [6.07, 6.45) is 1.49. The highest BCUT2D eigenvalue weighted by Gasteiger charge is 2.24. The Bertz CT molecular complexity index is 971. The van der Waals surface area contributed by atoms with Crippen LogP contribution >= 0.6 is 0 Å². The highest BCUT2D eigenvalue weighted by Crippen LogP contribution is 2.20. The Labute approximate surface area is 175 Å². The van der Waals surface area contributed by atoms with Crippen molar-refractivity contribution in [1.82, 2.24) is 14.6 Å². The largest absolute Gasteiger partial charge is 0.493 e. The highest BCUT2D eigenvalue weighted by molar-refractivity contribution is 5.54. The maximum Gasteiger partial charge on any atom is 0.441 e. The van der Waals surface area contributed by atoms with Gasteiger partial charge in [0.1, 0.15) is 5.75 Å². The van der Waals surface area contributed by atoms with E-state index in [0.29, 0.717) is 24.9 Å². The highest BCUT2D eigenvalue weighted by atomic mass is 16.5. The lowest BCUT2D eigenvalue weighted by Gasteiger charge is -2.33. The number of hydrogen-bond donors (Lipinski definition) is 1. The average molecular weight is 409 g/mol. The van der Waals surface area contributed by atoms with Crippen molar-refractivity contribution in [2.75, 3.05) is 26.2 Å². The molecule has 2 aromatic carbocycles. The first-order valence-electron chi connectivity index (χ1n) is 10.4. The number of likely N-dealkylation sites (tertiary alicyclic amines) is 1. The second-order valence-electron chi connectivity index (χ2n) is 7.79. The lowest BCUT2D eigenvalue weighted by Crippen LogP contribution is -2.43. The molecule has 1 fully saturated rings. The van der Waals surface area contributed by atoms with E-state index < -0.39 is 11.9 Å². The third kappa shape index (κ3) is 5.17. The summed E-state index contributed by atoms with van der Waals surface area (Å²) in [5.74, 6) is 1.19. The fraction of sp³-hybridized carbons (Fsp3) is 0.391. The Morgan fingerprint density at radius 2 is 1.83 bits per heavy atom. The molecule has 158 valence electrons. The smallest absolute Gasteiger partial charge is 0.441 e. The summed E-state index contributed by atoms with van der Waals surface area (Å²) in [7, 11) is 0. The van der Waals surface area contributed by atoms with E-state index in [4.69, 9.17) is 9.26 Å². The average Bonchev–Trinajstić information content (AvgIpc) is 3.14. The number of β-amino-alcohol motifs (C(OH)–C–C–N with tert-alkyl or cyclic N) is 1. The van der Waals surface area contributed by atoms with Crippen molar-refractivity contribution in [3.63, 3.8) is 0 Å². The van der Waals surface area contributed by atoms with Crippen LogP contribution in [0, 0.1) is 5.92 Å². The zero-order chi connectivity index (χ0) is 20.8. The lowest BCUT2D eigenvalue weighted by atomic mass is 9.98. The van der Waals surface area contributed by atoms with Gasteiger partial charge in [-0.3, -0.25) is 9.09 Å². The molecule has 0 saturated carbocycles. The first-order valence-corrected chi connectivity index (χ1v) is 10.4. The SMILES string of the molecule is O=c1onc(-c2ccccc2)n1CC(O)CN1CCCC(COc2ccccc2)C1. The Kier molecular flexibility index (Phi) is 6.61. The van der Waals surface area contributed by atoms with E-state index >= 15 is 0 Å². The second kappa shape index (κ2) is 9.73. The summed E-state index contributed by atoms with van der Waals surface area (Å²) in [4.78, 5) is 14.3. The molecule has 0 bridgehead atoms. The van der Waals surface area contributed by atoms with Gasteiger partial charge in [0.25, 0.3) is 0 Å². The van der Waals surface area contributed by atoms with Crippen LogP contribution in [0.3, 0.4) is 0 Å². The molecule has 0 spiro atoms. The molecule has 0 aliphatic carbocycles. The summed E-state index contributed by atoms with van der Waals surface area (Å²) < 4.78 is 12.2. The van der Waals surface area contributed by atoms with Gasteiger partial charge in [-0.2, -0.15) is 0 Å². The fourth-order valence-electron chi connectivity index (χ4n) is 3.97. The van der Waals surface area contributed by atoms with Gasteiger partial charge in [0.15, 0.2) is 5.82 Å². The van der Waals surface area contributed by atoms with Crippen LogP contribution in [0.15, 0.2) is 70.0 Å². The Morgan fingerprint density at radius 1 is 1.10 bits per heavy atom. The molecule has 0 amide bonds. The molecule has 0 radical (unpaired) electrons. The molecule has 7 nitrogen and oxygen atoms in total. The molecule has 7 heteroatoms. The van der Waals surface area contributed by atoms with Crippen molar-refractivity contribution < 1.29 is 14.4 Å². The van der Waals surface area contributed by atoms with Crippen LogP contribution in [0.5, 0.6) is 5.75 Å². The number of piperidine rings is 1. The van der Waals surface area contributed by atoms with E-state index in [9.17, 15) is 9.90 Å². The zero-order valence-corrected chi connectivity index (χ0v) is 16.9. The predicted molar refractivity (Wildman–Crippen MR) is 113 cm³/mol. The topological polar surface area (TPSA) is 80.7 Å². The minimum atomic E-state index is -0.696. The number of rotatable bonds is 8. The van der Waals surface area contributed by atoms with E-state index in [0.717, 1.165) is 37.2 Å². The van der Waals surface area contributed by atoms with Gasteiger partial charge in [-0.05, 0) is 31.5 Å². The van der Waals surface area contributed by atoms with Crippen LogP contribution in [0.2, 0.25) is 0 Å². The molecule has 4 rings (SSSR count). The predicted octanol–water partition coefficient (Wildman–Crippen LogP) is 2.66. The summed E-state index contributed by atoms with van der Waals surface area (Å²) >= 11 is 0. The molecule has 1 N–H and O–H groups in total. The molecule has 2 heterocycles. The molecule has 30 heavy (non-hydrogen) atoms. The van der Waals surface area contributed by atoms with Crippen molar-refractivity contribution in [3.8, 4) is 17.1 Å². The molecular weight excluding hydrogens is 382 g/mol. The monoisotopic (exact) mass is 409 g/mol. The molecule has 1 aliphatic heterocycles. The van der Waals surface area contributed by atoms with Gasteiger partial charge in [-0.25, -0.2) is 4.79 Å². The first kappa shape index (κ1) is 20.4. The van der Waals surface area contributed by atoms with Crippen LogP contribution in [0.4, 0.5) is 0 Å². The van der Waals surface area contributed by atoms with E-state index in [1.807, 2.05) is 60.7 Å². The van der Waals surface area contributed by atoms with Gasteiger partial charge in [-0.15, -0.1) is 0 Å². The van der Waals surface area contributed by atoms with Crippen LogP contribution in [0.1, 0.15) is 12.8 Å². The second-order valence-corrected chi connectivity index (χ2v) is 7.79. The van der Waals surface area contributed by atoms with Gasteiger partial charge >= 0.3 is 5.76 Å². The number of hydrogen-bond acceptors (Lipinski definition) is 6. The summed E-state index contributed by atoms with van der Waals surface area (Å²) in [5.41, 5.74) is 0.784. The lowest BCUT2D eigenvalue weighted by molar-refractivity contribution is 0.0625. The first-order chi connectivity index (χ1) is 14.7. The van der Waals surface area contributed by atoms with Gasteiger partial charge in [-0.1, -0.05) is 53.7 Å². The Balaban J connectivity index is 1.33. The summed E-state index contributed by atoms with van der Waals surface area (Å²) in [6.45, 7) is 3.11. The van der Waals surface area contributed by atoms with Crippen LogP contribution in [-0.4, -0.2) is 52.1 Å². The number of ether oxygens (including phenoxy) is 1. The maximum atomic E-state index is 12.1. The summed E-state index contributed by atoms with van der Waals surface area (Å²) in [6, 6.07) is 19.2. The zero-order valence-electron chi connectivity index (χ0n) is 16.9. The van der Waals surface area contributed by atoms with E-state index in [1.165, 1.54) is 4.57 Å². The molecule has 3 aromatic rings. The molecule has 1 aromatic heterocycles. The standard InChI is InChI=1S/C23H27N3O4/c27-20(16-26-22(24-30-23(26)28)19-9-3-1-4-10-19)15-25-13-7-8-18(14-25)17-29-21-11-5-2-6-12-21/h1-6,9-12,18,20,27H,7-8,13-17H2. The quantitative estimate of drug-likeness (QED) is 0.616. The van der Waals surface area contributed by atoms with E-state index in [1.54, 1.807) is 0 Å². The number of aliphatic hydroxyl groups excluding tert-OH is 1. The van der Waals surface area contributed by atoms with Crippen LogP contribution in [-0.2, 0) is 6.54 Å². The number of aliphatic hydroxyl groups is 1. The normalized spacial score (nSPS) is 18.2. The number of nitrogens with zero attached hydrogens (tertiary/aromatic N) is 3. The van der Waals surface area contributed by atoms with E-state index in [-0.39, 0.29) is 6.54 Å². The van der Waals surface area contributed by atoms with Gasteiger partial charge < -0.3 is 14.7 Å². The summed E-state index contributed by atoms with van der Waals surface area (Å²) in [5, 5.41) is 14.5. The third-order valence-corrected chi connectivity index (χ3v) is 5.41. The Hall–Kier alpha value is -2.90. The molecular formula is C23H27N3O4. The minimum Gasteiger partial charge on any atom is -0.493 e. The fourth-order valence-corrected chi connectivity index (χ4v) is 3.97. The number of benzene rings is 2. The van der Waals surface area contributed by atoms with Gasteiger partial charge in [0, 0.05) is 24.6 Å². The Morgan fingerprint density at radius 3 is 2.60 bits per heavy atom. The molecule has 1 aliphatic rings. The number of aromatic nitrogens is 2. The molecule has 2 unspecified atom stereocenters. The van der Waals surface area contributed by atoms with Crippen LogP contribution in [0.25, 0.3) is 11.4 Å². The van der Waals surface area contributed by atoms with E-state index in [2.05, 4.69) is 10.1 Å². The molecule has 2 atom stereocenters. The third-order valence-electron chi connectivity index (χ3n) is 5.41. The van der Waals surface area contributed by atoms with Crippen molar-refractivity contribution in [3.05, 3.63) is 71.2 Å². The van der Waals surface area contributed by atoms with Crippen molar-refractivity contribution >= 4 is 0 Å². The van der Waals surface area contributed by atoms with Crippen LogP contribution < -0.4 is 10.5 Å². The molecule has 1 saturated heterocycles. The van der Waals surface area contributed by atoms with Gasteiger partial charge in [0.2, 0.25) is 0 Å². The minimum absolute atomic E-state index is 0.147. The van der Waals surface area contributed by atoms with Gasteiger partial charge in [0.05, 0.1) is 19.3 Å². The van der Waals surface area contributed by atoms with Crippen molar-refractivity contribution in [1.29, 1.82) is 0 Å². The maximum absolute atomic E-state index is 12.1. The van der Waals surface area contributed by atoms with Crippen molar-refractivity contribution in [2.24, 2.45) is 5.92 Å². The van der Waals surface area contributed by atoms with Crippen molar-refractivity contribution in [2.45, 2.75) is 25.5 Å². The number of para-hydroxylation sites is 1.